The molecule has 0 spiro atoms. The number of amides is 1. The highest BCUT2D eigenvalue weighted by molar-refractivity contribution is 5.94. The fourth-order valence-electron chi connectivity index (χ4n) is 4.67. The van der Waals surface area contributed by atoms with Gasteiger partial charge in [0, 0.05) is 37.7 Å². The van der Waals surface area contributed by atoms with Crippen LogP contribution in [0.2, 0.25) is 0 Å². The van der Waals surface area contributed by atoms with Crippen molar-refractivity contribution in [1.82, 2.24) is 9.80 Å². The number of carbonyl (C=O) groups is 1. The first-order chi connectivity index (χ1) is 15.7. The molecule has 168 valence electrons. The smallest absolute Gasteiger partial charge is 0.298 e. The van der Waals surface area contributed by atoms with Crippen LogP contribution in [0.15, 0.2) is 54.6 Å². The van der Waals surface area contributed by atoms with Crippen molar-refractivity contribution < 1.29 is 9.53 Å². The van der Waals surface area contributed by atoms with E-state index in [0.29, 0.717) is 12.5 Å². The molecule has 0 aromatic heterocycles. The Kier molecular flexibility index (Phi) is 7.98. The van der Waals surface area contributed by atoms with Gasteiger partial charge in [-0.1, -0.05) is 48.4 Å². The first-order valence-corrected chi connectivity index (χ1v) is 11.9. The van der Waals surface area contributed by atoms with Gasteiger partial charge >= 0.3 is 0 Å². The molecule has 2 aromatic carbocycles. The van der Waals surface area contributed by atoms with Crippen LogP contribution in [0.25, 0.3) is 0 Å². The predicted molar refractivity (Wildman–Crippen MR) is 128 cm³/mol. The highest BCUT2D eigenvalue weighted by Crippen LogP contribution is 2.22. The number of benzene rings is 2. The molecule has 4 heteroatoms. The second-order valence-corrected chi connectivity index (χ2v) is 9.11. The zero-order chi connectivity index (χ0) is 22.2. The van der Waals surface area contributed by atoms with E-state index in [0.717, 1.165) is 64.0 Å². The third-order valence-corrected chi connectivity index (χ3v) is 6.66. The van der Waals surface area contributed by atoms with E-state index in [-0.39, 0.29) is 12.0 Å². The number of likely N-dealkylation sites (tertiary alicyclic amines) is 1. The Morgan fingerprint density at radius 2 is 1.78 bits per heavy atom. The lowest BCUT2D eigenvalue weighted by atomic mass is 9.95. The van der Waals surface area contributed by atoms with Crippen molar-refractivity contribution in [3.8, 4) is 11.8 Å². The summed E-state index contributed by atoms with van der Waals surface area (Å²) in [5, 5.41) is 0. The van der Waals surface area contributed by atoms with Crippen molar-refractivity contribution in [2.24, 2.45) is 5.92 Å². The molecular weight excluding hydrogens is 396 g/mol. The summed E-state index contributed by atoms with van der Waals surface area (Å²) in [4.78, 5) is 17.5. The van der Waals surface area contributed by atoms with Crippen molar-refractivity contribution in [1.29, 1.82) is 0 Å². The summed E-state index contributed by atoms with van der Waals surface area (Å²) in [5.41, 5.74) is 3.65. The molecule has 2 heterocycles. The molecule has 2 aliphatic rings. The van der Waals surface area contributed by atoms with Gasteiger partial charge in [-0.05, 0) is 74.9 Å². The van der Waals surface area contributed by atoms with Crippen molar-refractivity contribution in [3.63, 3.8) is 0 Å². The van der Waals surface area contributed by atoms with Crippen LogP contribution in [0.1, 0.15) is 42.4 Å². The van der Waals surface area contributed by atoms with E-state index in [1.807, 2.05) is 35.2 Å². The topological polar surface area (TPSA) is 32.8 Å². The molecule has 2 aliphatic heterocycles. The lowest BCUT2D eigenvalue weighted by Gasteiger charge is -2.35. The quantitative estimate of drug-likeness (QED) is 0.642. The third-order valence-electron chi connectivity index (χ3n) is 6.66. The maximum atomic E-state index is 13.0. The summed E-state index contributed by atoms with van der Waals surface area (Å²) >= 11 is 0. The van der Waals surface area contributed by atoms with E-state index < -0.39 is 0 Å². The fraction of sp³-hybridized carbons (Fsp3) is 0.464. The zero-order valence-corrected chi connectivity index (χ0v) is 19.1. The van der Waals surface area contributed by atoms with Crippen molar-refractivity contribution >= 4 is 5.91 Å². The van der Waals surface area contributed by atoms with Crippen LogP contribution in [0.4, 0.5) is 0 Å². The van der Waals surface area contributed by atoms with E-state index in [2.05, 4.69) is 47.9 Å². The standard InChI is InChI=1S/C28H34N2O2/c1-23-8-5-6-11-26(23)21-29-17-15-25(16-18-29)20-30(22-27-12-7-19-32-27)28(31)14-13-24-9-3-2-4-10-24/h2-6,8-11,25,27H,7,12,15-22H2,1H3/t27-/m0/s1. The molecule has 0 radical (unpaired) electrons. The SMILES string of the molecule is Cc1ccccc1CN1CCC(CN(C[C@@H]2CCCO2)C(=O)C#Cc2ccccc2)CC1. The number of ether oxygens (including phenoxy) is 1. The number of rotatable bonds is 6. The molecule has 2 fully saturated rings. The number of hydrogen-bond donors (Lipinski definition) is 0. The normalized spacial score (nSPS) is 19.3. The molecule has 2 saturated heterocycles. The molecule has 0 unspecified atom stereocenters. The number of hydrogen-bond acceptors (Lipinski definition) is 3. The molecule has 0 aliphatic carbocycles. The van der Waals surface area contributed by atoms with Crippen LogP contribution in [0, 0.1) is 24.7 Å². The van der Waals surface area contributed by atoms with E-state index in [1.54, 1.807) is 0 Å². The van der Waals surface area contributed by atoms with Gasteiger partial charge in [-0.3, -0.25) is 9.69 Å². The predicted octanol–water partition coefficient (Wildman–Crippen LogP) is 4.27. The van der Waals surface area contributed by atoms with Crippen molar-refractivity contribution in [3.05, 3.63) is 71.3 Å². The van der Waals surface area contributed by atoms with E-state index in [1.165, 1.54) is 11.1 Å². The monoisotopic (exact) mass is 430 g/mol. The lowest BCUT2D eigenvalue weighted by molar-refractivity contribution is -0.127. The second kappa shape index (κ2) is 11.3. The number of carbonyl (C=O) groups excluding carboxylic acids is 1. The van der Waals surface area contributed by atoms with E-state index >= 15 is 0 Å². The Balaban J connectivity index is 1.34. The molecule has 4 rings (SSSR count). The van der Waals surface area contributed by atoms with Gasteiger partial charge < -0.3 is 9.64 Å². The molecule has 4 nitrogen and oxygen atoms in total. The minimum atomic E-state index is -0.0771. The summed E-state index contributed by atoms with van der Waals surface area (Å²) in [7, 11) is 0. The maximum Gasteiger partial charge on any atom is 0.298 e. The summed E-state index contributed by atoms with van der Waals surface area (Å²) in [5.74, 6) is 6.36. The summed E-state index contributed by atoms with van der Waals surface area (Å²) in [6.45, 7) is 7.60. The number of aryl methyl sites for hydroxylation is 1. The molecule has 2 aromatic rings. The number of nitrogens with zero attached hydrogens (tertiary/aromatic N) is 2. The zero-order valence-electron chi connectivity index (χ0n) is 19.1. The van der Waals surface area contributed by atoms with E-state index in [9.17, 15) is 4.79 Å². The Bertz CT molecular complexity index is 933. The minimum absolute atomic E-state index is 0.0771. The summed E-state index contributed by atoms with van der Waals surface area (Å²) in [6.07, 6.45) is 4.50. The van der Waals surface area contributed by atoms with Crippen molar-refractivity contribution in [2.75, 3.05) is 32.8 Å². The van der Waals surface area contributed by atoms with Crippen LogP contribution in [-0.2, 0) is 16.1 Å². The molecule has 0 saturated carbocycles. The molecule has 0 N–H and O–H groups in total. The maximum absolute atomic E-state index is 13.0. The van der Waals surface area contributed by atoms with Gasteiger partial charge in [0.15, 0.2) is 0 Å². The highest BCUT2D eigenvalue weighted by atomic mass is 16.5. The van der Waals surface area contributed by atoms with E-state index in [4.69, 9.17) is 4.74 Å². The Morgan fingerprint density at radius 1 is 1.03 bits per heavy atom. The van der Waals surface area contributed by atoms with Gasteiger partial charge in [-0.25, -0.2) is 0 Å². The van der Waals surface area contributed by atoms with Crippen LogP contribution in [0.3, 0.4) is 0 Å². The molecule has 32 heavy (non-hydrogen) atoms. The average molecular weight is 431 g/mol. The van der Waals surface area contributed by atoms with Gasteiger partial charge in [-0.2, -0.15) is 0 Å². The first-order valence-electron chi connectivity index (χ1n) is 11.9. The minimum Gasteiger partial charge on any atom is -0.376 e. The number of piperidine rings is 1. The third kappa shape index (κ3) is 6.45. The summed E-state index contributed by atoms with van der Waals surface area (Å²) < 4.78 is 5.83. The molecule has 0 bridgehead atoms. The largest absolute Gasteiger partial charge is 0.376 e. The van der Waals surface area contributed by atoms with Crippen LogP contribution < -0.4 is 0 Å². The average Bonchev–Trinajstić information content (AvgIpc) is 3.34. The van der Waals surface area contributed by atoms with Gasteiger partial charge in [-0.15, -0.1) is 0 Å². The Morgan fingerprint density at radius 3 is 2.50 bits per heavy atom. The first kappa shape index (κ1) is 22.6. The summed E-state index contributed by atoms with van der Waals surface area (Å²) in [6, 6.07) is 18.4. The molecular formula is C28H34N2O2. The fourth-order valence-corrected chi connectivity index (χ4v) is 4.67. The van der Waals surface area contributed by atoms with Crippen LogP contribution >= 0.6 is 0 Å². The lowest BCUT2D eigenvalue weighted by Crippen LogP contribution is -2.43. The second-order valence-electron chi connectivity index (χ2n) is 9.11. The van der Waals surface area contributed by atoms with Gasteiger partial charge in [0.1, 0.15) is 0 Å². The van der Waals surface area contributed by atoms with Gasteiger partial charge in [0.2, 0.25) is 0 Å². The van der Waals surface area contributed by atoms with Crippen LogP contribution in [-0.4, -0.2) is 54.6 Å². The van der Waals surface area contributed by atoms with Crippen molar-refractivity contribution in [2.45, 2.75) is 45.3 Å². The Labute approximate surface area is 192 Å². The Hall–Kier alpha value is -2.61. The molecule has 1 amide bonds. The molecule has 1 atom stereocenters. The van der Waals surface area contributed by atoms with Gasteiger partial charge in [0.05, 0.1) is 6.10 Å². The van der Waals surface area contributed by atoms with Gasteiger partial charge in [0.25, 0.3) is 5.91 Å². The highest BCUT2D eigenvalue weighted by Gasteiger charge is 2.26. The van der Waals surface area contributed by atoms with Crippen LogP contribution in [0.5, 0.6) is 0 Å².